The van der Waals surface area contributed by atoms with E-state index >= 15 is 0 Å². The molecule has 2 aliphatic rings. The molecule has 0 radical (unpaired) electrons. The van der Waals surface area contributed by atoms with E-state index in [0.717, 1.165) is 19.2 Å². The number of rotatable bonds is 16. The van der Waals surface area contributed by atoms with Gasteiger partial charge >= 0.3 is 36.6 Å². The van der Waals surface area contributed by atoms with E-state index in [0.29, 0.717) is 18.4 Å². The Morgan fingerprint density at radius 2 is 1.60 bits per heavy atom. The Kier molecular flexibility index (Phi) is 14.1. The van der Waals surface area contributed by atoms with E-state index in [9.17, 15) is 60.0 Å². The summed E-state index contributed by atoms with van der Waals surface area (Å²) in [7, 11) is 0. The number of ether oxygens (including phenoxy) is 6. The molecule has 4 N–H and O–H groups in total. The monoisotopic (exact) mass is 907 g/mol. The zero-order chi connectivity index (χ0) is 45.0. The Bertz CT molecular complexity index is 2130. The number of benzene rings is 2. The van der Waals surface area contributed by atoms with Crippen molar-refractivity contribution in [3.8, 4) is 17.4 Å². The molecule has 6 rings (SSSR count). The minimum atomic E-state index is -6.22. The predicted octanol–water partition coefficient (Wildman–Crippen LogP) is 6.05. The van der Waals surface area contributed by atoms with E-state index in [1.165, 1.54) is 30.5 Å². The second-order valence-corrected chi connectivity index (χ2v) is 15.2. The highest BCUT2D eigenvalue weighted by molar-refractivity contribution is 7.11. The predicted molar refractivity (Wildman–Crippen MR) is 196 cm³/mol. The number of esters is 1. The van der Waals surface area contributed by atoms with Crippen molar-refractivity contribution in [3.05, 3.63) is 99.6 Å². The maximum atomic E-state index is 13.8. The first-order valence-electron chi connectivity index (χ1n) is 18.5. The molecule has 3 heterocycles. The SMILES string of the molecule is CC(=O)OC[C@H]1O[C@@H](Oc2ccc(CC(c3ccc(OC(F)F)c(OC4CC4)c3)c3cnc(C(O)(C(F)(F)F)C(F)(F)F)s3)cn2)[C@H](NC(=O)OCc2ccccc2)[C@@H](O)[C@@H]1O. The maximum Gasteiger partial charge on any atom is 0.433 e. The number of alkyl halides is 8. The van der Waals surface area contributed by atoms with Crippen molar-refractivity contribution < 1.29 is 88.5 Å². The third kappa shape index (κ3) is 11.0. The van der Waals surface area contributed by atoms with Crippen LogP contribution in [0.5, 0.6) is 17.4 Å². The number of halogens is 8. The number of thiazole rings is 1. The molecule has 1 amide bonds. The van der Waals surface area contributed by atoms with Gasteiger partial charge in [-0.1, -0.05) is 42.5 Å². The molecule has 1 aliphatic heterocycles. The van der Waals surface area contributed by atoms with E-state index < -0.39 is 84.8 Å². The number of pyridine rings is 1. The molecule has 62 heavy (non-hydrogen) atoms. The summed E-state index contributed by atoms with van der Waals surface area (Å²) in [5.41, 5.74) is -4.25. The summed E-state index contributed by atoms with van der Waals surface area (Å²) in [6.07, 6.45) is -17.4. The molecule has 1 unspecified atom stereocenters. The van der Waals surface area contributed by atoms with Crippen LogP contribution < -0.4 is 19.5 Å². The van der Waals surface area contributed by atoms with Crippen molar-refractivity contribution in [2.45, 2.75) is 100 Å². The summed E-state index contributed by atoms with van der Waals surface area (Å²) in [6, 6.07) is 13.4. The molecule has 14 nitrogen and oxygen atoms in total. The van der Waals surface area contributed by atoms with Crippen LogP contribution in [-0.4, -0.2) is 99.7 Å². The van der Waals surface area contributed by atoms with E-state index in [-0.39, 0.29) is 63.9 Å². The van der Waals surface area contributed by atoms with Crippen LogP contribution in [0.3, 0.4) is 0 Å². The molecule has 0 bridgehead atoms. The minimum absolute atomic E-state index is 0.0725. The van der Waals surface area contributed by atoms with E-state index in [1.54, 1.807) is 30.3 Å². The first kappa shape index (κ1) is 46.2. The molecule has 336 valence electrons. The molecule has 2 aromatic heterocycles. The number of nitrogens with one attached hydrogen (secondary N) is 1. The standard InChI is InChI=1S/C39H37F8N3O11S/c1-19(51)56-18-27-31(52)32(53)30(50-36(54)57-17-20-5-3-2-4-6-20)33(59-27)61-29-12-7-21(15-48-29)13-24(22-8-11-25(60-35(40)41)26(14-22)58-23-9-10-23)28-16-49-34(62-28)37(55,38(42,43)44)39(45,46)47/h2-8,11-12,14-16,23-24,27,30-33,35,52-53,55H,9-10,13,17-18H2,1H3,(H,50,54)/t24?,27-,30-,31-,32-,33+/m1/s1. The van der Waals surface area contributed by atoms with Crippen molar-refractivity contribution >= 4 is 23.4 Å². The molecule has 4 aromatic rings. The molecule has 1 saturated heterocycles. The lowest BCUT2D eigenvalue weighted by atomic mass is 9.91. The van der Waals surface area contributed by atoms with Crippen molar-refractivity contribution in [2.75, 3.05) is 6.61 Å². The van der Waals surface area contributed by atoms with Crippen LogP contribution in [0.15, 0.2) is 73.1 Å². The number of aliphatic hydroxyl groups is 3. The summed E-state index contributed by atoms with van der Waals surface area (Å²) in [4.78, 5) is 31.7. The molecule has 1 saturated carbocycles. The van der Waals surface area contributed by atoms with E-state index in [4.69, 9.17) is 23.7 Å². The lowest BCUT2D eigenvalue weighted by molar-refractivity contribution is -0.376. The summed E-state index contributed by atoms with van der Waals surface area (Å²) < 4.78 is 142. The molecular weight excluding hydrogens is 870 g/mol. The average molecular weight is 908 g/mol. The lowest BCUT2D eigenvalue weighted by Crippen LogP contribution is -2.65. The van der Waals surface area contributed by atoms with Gasteiger partial charge in [-0.3, -0.25) is 4.79 Å². The van der Waals surface area contributed by atoms with Gasteiger partial charge in [-0.25, -0.2) is 14.8 Å². The molecule has 2 aromatic carbocycles. The number of aliphatic hydroxyl groups excluding tert-OH is 2. The van der Waals surface area contributed by atoms with Crippen LogP contribution in [0.25, 0.3) is 0 Å². The number of amides is 1. The highest BCUT2D eigenvalue weighted by atomic mass is 32.1. The maximum absolute atomic E-state index is 13.8. The average Bonchev–Trinajstić information content (AvgIpc) is 3.90. The summed E-state index contributed by atoms with van der Waals surface area (Å²) >= 11 is -0.0725. The number of nitrogens with zero attached hydrogens (tertiary/aromatic N) is 2. The van der Waals surface area contributed by atoms with Gasteiger partial charge < -0.3 is 49.1 Å². The smallest absolute Gasteiger partial charge is 0.433 e. The van der Waals surface area contributed by atoms with Crippen LogP contribution in [0.2, 0.25) is 0 Å². The van der Waals surface area contributed by atoms with Gasteiger partial charge in [-0.15, -0.1) is 11.3 Å². The molecule has 23 heteroatoms. The second kappa shape index (κ2) is 18.9. The number of carbonyl (C=O) groups is 2. The summed E-state index contributed by atoms with van der Waals surface area (Å²) in [6.45, 7) is -2.86. The number of carbonyl (C=O) groups excluding carboxylic acids is 2. The number of hydrogen-bond acceptors (Lipinski definition) is 14. The Morgan fingerprint density at radius 1 is 0.887 bits per heavy atom. The minimum Gasteiger partial charge on any atom is -0.487 e. The van der Waals surface area contributed by atoms with Crippen molar-refractivity contribution in [3.63, 3.8) is 0 Å². The van der Waals surface area contributed by atoms with Gasteiger partial charge in [-0.2, -0.15) is 35.1 Å². The van der Waals surface area contributed by atoms with Gasteiger partial charge in [0.05, 0.1) is 6.10 Å². The second-order valence-electron chi connectivity index (χ2n) is 14.1. The highest BCUT2D eigenvalue weighted by Gasteiger charge is 2.73. The third-order valence-electron chi connectivity index (χ3n) is 9.52. The van der Waals surface area contributed by atoms with Gasteiger partial charge in [0.2, 0.25) is 12.2 Å². The fourth-order valence-electron chi connectivity index (χ4n) is 6.17. The van der Waals surface area contributed by atoms with Crippen LogP contribution in [-0.2, 0) is 37.6 Å². The number of hydrogen-bond donors (Lipinski definition) is 4. The molecule has 0 spiro atoms. The van der Waals surface area contributed by atoms with Crippen LogP contribution in [0, 0.1) is 0 Å². The topological polar surface area (TPSA) is 188 Å². The number of aromatic nitrogens is 2. The normalized spacial score (nSPS) is 21.2. The zero-order valence-corrected chi connectivity index (χ0v) is 32.8. The first-order valence-corrected chi connectivity index (χ1v) is 19.4. The first-order chi connectivity index (χ1) is 29.2. The van der Waals surface area contributed by atoms with Crippen LogP contribution >= 0.6 is 11.3 Å². The largest absolute Gasteiger partial charge is 0.487 e. The lowest BCUT2D eigenvalue weighted by Gasteiger charge is -2.41. The Labute approximate surface area is 350 Å². The number of alkyl carbamates (subject to hydrolysis) is 1. The van der Waals surface area contributed by atoms with Gasteiger partial charge in [0.15, 0.2) is 11.5 Å². The molecule has 2 fully saturated rings. The van der Waals surface area contributed by atoms with E-state index in [2.05, 4.69) is 20.0 Å². The molecular formula is C39H37F8N3O11S. The summed E-state index contributed by atoms with van der Waals surface area (Å²) in [5.74, 6) is -2.64. The summed E-state index contributed by atoms with van der Waals surface area (Å²) in [5, 5.41) is 32.5. The van der Waals surface area contributed by atoms with Crippen molar-refractivity contribution in [2.24, 2.45) is 0 Å². The van der Waals surface area contributed by atoms with Gasteiger partial charge in [-0.05, 0) is 48.1 Å². The van der Waals surface area contributed by atoms with Crippen LogP contribution in [0.1, 0.15) is 52.3 Å². The van der Waals surface area contributed by atoms with E-state index in [1.807, 2.05) is 0 Å². The van der Waals surface area contributed by atoms with Crippen LogP contribution in [0.4, 0.5) is 39.9 Å². The fraction of sp³-hybridized carbons (Fsp3) is 0.436. The highest BCUT2D eigenvalue weighted by Crippen LogP contribution is 2.52. The Hall–Kier alpha value is -5.36. The van der Waals surface area contributed by atoms with Gasteiger partial charge in [0.25, 0.3) is 0 Å². The third-order valence-corrected chi connectivity index (χ3v) is 10.7. The fourth-order valence-corrected chi connectivity index (χ4v) is 7.35. The van der Waals surface area contributed by atoms with Crippen molar-refractivity contribution in [1.82, 2.24) is 15.3 Å². The quantitative estimate of drug-likeness (QED) is 0.0753. The zero-order valence-electron chi connectivity index (χ0n) is 32.0. The Balaban J connectivity index is 1.28. The Morgan fingerprint density at radius 3 is 2.21 bits per heavy atom. The van der Waals surface area contributed by atoms with Gasteiger partial charge in [0.1, 0.15) is 42.6 Å². The molecule has 6 atom stereocenters. The van der Waals surface area contributed by atoms with Gasteiger partial charge in [0, 0.05) is 36.2 Å². The molecule has 1 aliphatic carbocycles. The van der Waals surface area contributed by atoms with Crippen molar-refractivity contribution in [1.29, 1.82) is 0 Å².